The van der Waals surface area contributed by atoms with Crippen LogP contribution >= 0.6 is 11.3 Å². The van der Waals surface area contributed by atoms with Crippen LogP contribution in [0.5, 0.6) is 0 Å². The number of thiazole rings is 1. The summed E-state index contributed by atoms with van der Waals surface area (Å²) < 4.78 is 0. The minimum Gasteiger partial charge on any atom is -0.481 e. The standard InChI is InChI=1S/C15H16N2O3S/c1-15(2,14(19)20)9-17-12(18)11-8-16-13(21-11)10-6-4-3-5-7-10/h3-8H,9H2,1-2H3,(H,17,18)(H,19,20). The number of carbonyl (C=O) groups is 2. The van der Waals surface area contributed by atoms with E-state index in [0.29, 0.717) is 4.88 Å². The molecule has 110 valence electrons. The Morgan fingerprint density at radius 1 is 1.29 bits per heavy atom. The zero-order valence-corrected chi connectivity index (χ0v) is 12.6. The molecule has 6 heteroatoms. The summed E-state index contributed by atoms with van der Waals surface area (Å²) in [6.07, 6.45) is 1.51. The first-order chi connectivity index (χ1) is 9.90. The molecule has 0 aliphatic rings. The Kier molecular flexibility index (Phi) is 4.37. The maximum atomic E-state index is 12.0. The van der Waals surface area contributed by atoms with E-state index in [4.69, 9.17) is 5.11 Å². The Balaban J connectivity index is 2.05. The number of rotatable bonds is 5. The van der Waals surface area contributed by atoms with Gasteiger partial charge in [0.1, 0.15) is 9.88 Å². The van der Waals surface area contributed by atoms with Gasteiger partial charge in [0.15, 0.2) is 0 Å². The van der Waals surface area contributed by atoms with Crippen LogP contribution in [0.15, 0.2) is 36.5 Å². The van der Waals surface area contributed by atoms with Crippen molar-refractivity contribution < 1.29 is 14.7 Å². The Morgan fingerprint density at radius 3 is 2.57 bits per heavy atom. The Labute approximate surface area is 126 Å². The molecule has 2 rings (SSSR count). The molecular formula is C15H16N2O3S. The van der Waals surface area contributed by atoms with Gasteiger partial charge < -0.3 is 10.4 Å². The van der Waals surface area contributed by atoms with E-state index >= 15 is 0 Å². The second kappa shape index (κ2) is 6.05. The van der Waals surface area contributed by atoms with Gasteiger partial charge in [-0.15, -0.1) is 11.3 Å². The average molecular weight is 304 g/mol. The molecule has 1 amide bonds. The Bertz CT molecular complexity index is 650. The van der Waals surface area contributed by atoms with Gasteiger partial charge in [0.25, 0.3) is 5.91 Å². The number of aromatic nitrogens is 1. The molecule has 2 aromatic rings. The molecule has 0 saturated carbocycles. The molecule has 0 unspecified atom stereocenters. The summed E-state index contributed by atoms with van der Waals surface area (Å²) in [4.78, 5) is 27.7. The van der Waals surface area contributed by atoms with Crippen molar-refractivity contribution >= 4 is 23.2 Å². The third kappa shape index (κ3) is 3.66. The first-order valence-electron chi connectivity index (χ1n) is 6.43. The van der Waals surface area contributed by atoms with E-state index in [1.165, 1.54) is 17.5 Å². The molecule has 1 aromatic heterocycles. The number of nitrogens with zero attached hydrogens (tertiary/aromatic N) is 1. The number of benzene rings is 1. The molecule has 0 aliphatic heterocycles. The highest BCUT2D eigenvalue weighted by Crippen LogP contribution is 2.24. The van der Waals surface area contributed by atoms with E-state index in [0.717, 1.165) is 10.6 Å². The van der Waals surface area contributed by atoms with Crippen molar-refractivity contribution in [2.75, 3.05) is 6.54 Å². The van der Waals surface area contributed by atoms with Crippen LogP contribution in [0.4, 0.5) is 0 Å². The maximum absolute atomic E-state index is 12.0. The molecule has 0 spiro atoms. The van der Waals surface area contributed by atoms with Crippen LogP contribution in [0.25, 0.3) is 10.6 Å². The van der Waals surface area contributed by atoms with Crippen molar-refractivity contribution in [1.29, 1.82) is 0 Å². The van der Waals surface area contributed by atoms with Gasteiger partial charge in [-0.25, -0.2) is 4.98 Å². The summed E-state index contributed by atoms with van der Waals surface area (Å²) in [6, 6.07) is 9.58. The number of hydrogen-bond donors (Lipinski definition) is 2. The molecule has 21 heavy (non-hydrogen) atoms. The smallest absolute Gasteiger partial charge is 0.310 e. The number of hydrogen-bond acceptors (Lipinski definition) is 4. The summed E-state index contributed by atoms with van der Waals surface area (Å²) in [6.45, 7) is 3.20. The van der Waals surface area contributed by atoms with Crippen LogP contribution in [0.3, 0.4) is 0 Å². The molecule has 2 N–H and O–H groups in total. The fourth-order valence-corrected chi connectivity index (χ4v) is 2.40. The van der Waals surface area contributed by atoms with Crippen molar-refractivity contribution in [3.8, 4) is 10.6 Å². The highest BCUT2D eigenvalue weighted by atomic mass is 32.1. The Hall–Kier alpha value is -2.21. The van der Waals surface area contributed by atoms with Crippen LogP contribution in [0.1, 0.15) is 23.5 Å². The molecule has 0 bridgehead atoms. The van der Waals surface area contributed by atoms with Crippen LogP contribution < -0.4 is 5.32 Å². The minimum absolute atomic E-state index is 0.0692. The van der Waals surface area contributed by atoms with Gasteiger partial charge in [-0.1, -0.05) is 30.3 Å². The summed E-state index contributed by atoms with van der Waals surface area (Å²) in [5, 5.41) is 12.4. The van der Waals surface area contributed by atoms with E-state index in [-0.39, 0.29) is 12.5 Å². The number of carboxylic acid groups (broad SMARTS) is 1. The van der Waals surface area contributed by atoms with Gasteiger partial charge in [0, 0.05) is 12.1 Å². The minimum atomic E-state index is -0.997. The lowest BCUT2D eigenvalue weighted by Gasteiger charge is -2.18. The second-order valence-electron chi connectivity index (χ2n) is 5.27. The monoisotopic (exact) mass is 304 g/mol. The highest BCUT2D eigenvalue weighted by molar-refractivity contribution is 7.16. The first-order valence-corrected chi connectivity index (χ1v) is 7.24. The molecule has 0 fully saturated rings. The molecule has 0 aliphatic carbocycles. The second-order valence-corrected chi connectivity index (χ2v) is 6.30. The molecule has 5 nitrogen and oxygen atoms in total. The van der Waals surface area contributed by atoms with Gasteiger partial charge in [0.2, 0.25) is 0 Å². The normalized spacial score (nSPS) is 11.1. The lowest BCUT2D eigenvalue weighted by Crippen LogP contribution is -2.38. The number of aliphatic carboxylic acids is 1. The van der Waals surface area contributed by atoms with Crippen molar-refractivity contribution in [2.24, 2.45) is 5.41 Å². The molecular weight excluding hydrogens is 288 g/mol. The van der Waals surface area contributed by atoms with Crippen LogP contribution in [0, 0.1) is 5.41 Å². The third-order valence-electron chi connectivity index (χ3n) is 3.02. The number of carbonyl (C=O) groups excluding carboxylic acids is 1. The first kappa shape index (κ1) is 15.2. The van der Waals surface area contributed by atoms with Crippen molar-refractivity contribution in [3.05, 3.63) is 41.4 Å². The maximum Gasteiger partial charge on any atom is 0.310 e. The quantitative estimate of drug-likeness (QED) is 0.890. The molecule has 1 aromatic carbocycles. The van der Waals surface area contributed by atoms with Crippen molar-refractivity contribution in [2.45, 2.75) is 13.8 Å². The molecule has 0 saturated heterocycles. The SMILES string of the molecule is CC(C)(CNC(=O)c1cnc(-c2ccccc2)s1)C(=O)O. The summed E-state index contributed by atoms with van der Waals surface area (Å²) in [5.74, 6) is -1.25. The summed E-state index contributed by atoms with van der Waals surface area (Å²) in [5.41, 5.74) is -0.0461. The summed E-state index contributed by atoms with van der Waals surface area (Å²) in [7, 11) is 0. The lowest BCUT2D eigenvalue weighted by molar-refractivity contribution is -0.146. The van der Waals surface area contributed by atoms with E-state index in [1.807, 2.05) is 30.3 Å². The number of amides is 1. The Morgan fingerprint density at radius 2 is 1.95 bits per heavy atom. The van der Waals surface area contributed by atoms with E-state index in [9.17, 15) is 9.59 Å². The predicted octanol–water partition coefficient (Wildman–Crippen LogP) is 2.65. The van der Waals surface area contributed by atoms with Gasteiger partial charge in [-0.3, -0.25) is 9.59 Å². The van der Waals surface area contributed by atoms with E-state index in [1.54, 1.807) is 13.8 Å². The van der Waals surface area contributed by atoms with E-state index in [2.05, 4.69) is 10.3 Å². The fourth-order valence-electron chi connectivity index (χ4n) is 1.56. The van der Waals surface area contributed by atoms with Gasteiger partial charge >= 0.3 is 5.97 Å². The molecule has 1 heterocycles. The lowest BCUT2D eigenvalue weighted by atomic mass is 9.94. The van der Waals surface area contributed by atoms with Crippen LogP contribution in [0.2, 0.25) is 0 Å². The average Bonchev–Trinajstić information content (AvgIpc) is 2.95. The van der Waals surface area contributed by atoms with E-state index < -0.39 is 11.4 Å². The van der Waals surface area contributed by atoms with Crippen molar-refractivity contribution in [3.63, 3.8) is 0 Å². The summed E-state index contributed by atoms with van der Waals surface area (Å²) >= 11 is 1.28. The molecule has 0 radical (unpaired) electrons. The number of carboxylic acids is 1. The van der Waals surface area contributed by atoms with Crippen molar-refractivity contribution in [1.82, 2.24) is 10.3 Å². The third-order valence-corrected chi connectivity index (χ3v) is 4.07. The topological polar surface area (TPSA) is 79.3 Å². The van der Waals surface area contributed by atoms with Gasteiger partial charge in [-0.05, 0) is 13.8 Å². The van der Waals surface area contributed by atoms with Crippen LogP contribution in [-0.4, -0.2) is 28.5 Å². The largest absolute Gasteiger partial charge is 0.481 e. The number of nitrogens with one attached hydrogen (secondary N) is 1. The molecule has 0 atom stereocenters. The van der Waals surface area contributed by atoms with Crippen LogP contribution in [-0.2, 0) is 4.79 Å². The van der Waals surface area contributed by atoms with Gasteiger partial charge in [-0.2, -0.15) is 0 Å². The predicted molar refractivity (Wildman–Crippen MR) is 81.3 cm³/mol. The van der Waals surface area contributed by atoms with Gasteiger partial charge in [0.05, 0.1) is 11.6 Å². The zero-order valence-electron chi connectivity index (χ0n) is 11.8. The fraction of sp³-hybridized carbons (Fsp3) is 0.267. The zero-order chi connectivity index (χ0) is 15.5. The highest BCUT2D eigenvalue weighted by Gasteiger charge is 2.28.